The maximum absolute atomic E-state index is 12.6. The first-order valence-electron chi connectivity index (χ1n) is 9.77. The zero-order valence-corrected chi connectivity index (χ0v) is 18.6. The molecule has 4 rings (SSSR count). The summed E-state index contributed by atoms with van der Waals surface area (Å²) in [6, 6.07) is 15.3. The molecule has 158 valence electrons. The van der Waals surface area contributed by atoms with Gasteiger partial charge in [0.2, 0.25) is 0 Å². The van der Waals surface area contributed by atoms with Crippen molar-refractivity contribution in [3.63, 3.8) is 0 Å². The number of hydrogen-bond donors (Lipinski definition) is 0. The highest BCUT2D eigenvalue weighted by Crippen LogP contribution is 2.39. The third kappa shape index (κ3) is 4.70. The van der Waals surface area contributed by atoms with E-state index >= 15 is 0 Å². The number of aryl methyl sites for hydroxylation is 1. The predicted molar refractivity (Wildman–Crippen MR) is 120 cm³/mol. The Bertz CT molecular complexity index is 1080. The first kappa shape index (κ1) is 20.9. The molecule has 2 aliphatic heterocycles. The van der Waals surface area contributed by atoms with Crippen LogP contribution in [0.5, 0.6) is 5.75 Å². The number of amidine groups is 1. The van der Waals surface area contributed by atoms with Gasteiger partial charge in [-0.05, 0) is 30.2 Å². The van der Waals surface area contributed by atoms with Gasteiger partial charge in [-0.25, -0.2) is 8.42 Å². The zero-order chi connectivity index (χ0) is 21.3. The smallest absolute Gasteiger partial charge is 0.252 e. The van der Waals surface area contributed by atoms with Crippen LogP contribution in [0, 0.1) is 6.92 Å². The van der Waals surface area contributed by atoms with Crippen LogP contribution >= 0.6 is 11.8 Å². The molecular weight excluding hydrogens is 420 g/mol. The van der Waals surface area contributed by atoms with E-state index in [1.165, 1.54) is 11.8 Å². The molecule has 0 radical (unpaired) electrons. The molecule has 2 fully saturated rings. The van der Waals surface area contributed by atoms with E-state index in [1.54, 1.807) is 7.11 Å². The fourth-order valence-corrected chi connectivity index (χ4v) is 7.86. The maximum Gasteiger partial charge on any atom is 0.252 e. The van der Waals surface area contributed by atoms with Gasteiger partial charge in [0.25, 0.3) is 5.91 Å². The van der Waals surface area contributed by atoms with Gasteiger partial charge in [-0.2, -0.15) is 4.99 Å². The summed E-state index contributed by atoms with van der Waals surface area (Å²) in [5.41, 5.74) is 3.04. The summed E-state index contributed by atoms with van der Waals surface area (Å²) in [6.45, 7) is 2.50. The SMILES string of the molecule is COc1ccc(CN2C(=NC(=O)Cc3cccc(C)c3)S[C@@H]3CS(=O)(=O)C[C@H]32)cc1. The lowest BCUT2D eigenvalue weighted by Crippen LogP contribution is -2.37. The molecule has 0 aliphatic carbocycles. The van der Waals surface area contributed by atoms with E-state index in [2.05, 4.69) is 4.99 Å². The van der Waals surface area contributed by atoms with Gasteiger partial charge in [0, 0.05) is 11.8 Å². The molecule has 2 aliphatic rings. The van der Waals surface area contributed by atoms with Gasteiger partial charge in [-0.15, -0.1) is 0 Å². The van der Waals surface area contributed by atoms with Crippen molar-refractivity contribution < 1.29 is 17.9 Å². The van der Waals surface area contributed by atoms with Crippen LogP contribution in [-0.4, -0.2) is 54.3 Å². The Balaban J connectivity index is 1.56. The molecule has 0 aromatic heterocycles. The quantitative estimate of drug-likeness (QED) is 0.706. The lowest BCUT2D eigenvalue weighted by Gasteiger charge is -2.24. The van der Waals surface area contributed by atoms with E-state index in [1.807, 2.05) is 60.4 Å². The van der Waals surface area contributed by atoms with E-state index in [0.29, 0.717) is 11.7 Å². The molecule has 8 heteroatoms. The molecule has 2 aromatic rings. The molecule has 1 amide bonds. The highest BCUT2D eigenvalue weighted by molar-refractivity contribution is 8.15. The number of rotatable bonds is 5. The van der Waals surface area contributed by atoms with Gasteiger partial charge in [-0.3, -0.25) is 4.79 Å². The number of hydrogen-bond acceptors (Lipinski definition) is 5. The topological polar surface area (TPSA) is 76.0 Å². The maximum atomic E-state index is 12.6. The molecule has 2 saturated heterocycles. The number of carbonyl (C=O) groups is 1. The average molecular weight is 445 g/mol. The van der Waals surface area contributed by atoms with E-state index in [0.717, 1.165) is 22.4 Å². The second kappa shape index (κ2) is 8.43. The fraction of sp³-hybridized carbons (Fsp3) is 0.364. The van der Waals surface area contributed by atoms with Crippen molar-refractivity contribution in [2.24, 2.45) is 4.99 Å². The van der Waals surface area contributed by atoms with Crippen LogP contribution in [0.15, 0.2) is 53.5 Å². The number of benzene rings is 2. The normalized spacial score (nSPS) is 23.5. The third-order valence-corrected chi connectivity index (χ3v) is 8.59. The van der Waals surface area contributed by atoms with Crippen LogP contribution in [0.1, 0.15) is 16.7 Å². The minimum absolute atomic E-state index is 0.0845. The van der Waals surface area contributed by atoms with E-state index in [9.17, 15) is 13.2 Å². The minimum Gasteiger partial charge on any atom is -0.497 e. The van der Waals surface area contributed by atoms with Crippen LogP contribution in [0.25, 0.3) is 0 Å². The van der Waals surface area contributed by atoms with Gasteiger partial charge in [-0.1, -0.05) is 53.7 Å². The van der Waals surface area contributed by atoms with Crippen molar-refractivity contribution in [1.29, 1.82) is 0 Å². The predicted octanol–water partition coefficient (Wildman–Crippen LogP) is 2.84. The molecule has 2 heterocycles. The number of fused-ring (bicyclic) bond motifs is 1. The number of nitrogens with zero attached hydrogens (tertiary/aromatic N) is 2. The number of carbonyl (C=O) groups excluding carboxylic acids is 1. The zero-order valence-electron chi connectivity index (χ0n) is 16.9. The van der Waals surface area contributed by atoms with Crippen molar-refractivity contribution in [2.75, 3.05) is 18.6 Å². The molecule has 2 atom stereocenters. The van der Waals surface area contributed by atoms with E-state index in [4.69, 9.17) is 4.74 Å². The molecular formula is C22H24N2O4S2. The van der Waals surface area contributed by atoms with Crippen molar-refractivity contribution >= 4 is 32.7 Å². The Morgan fingerprint density at radius 2 is 1.93 bits per heavy atom. The van der Waals surface area contributed by atoms with Crippen LogP contribution in [0.4, 0.5) is 0 Å². The fourth-order valence-electron chi connectivity index (χ4n) is 3.89. The van der Waals surface area contributed by atoms with Gasteiger partial charge in [0.1, 0.15) is 5.75 Å². The summed E-state index contributed by atoms with van der Waals surface area (Å²) in [5.74, 6) is 0.780. The van der Waals surface area contributed by atoms with Gasteiger partial charge >= 0.3 is 0 Å². The van der Waals surface area contributed by atoms with Gasteiger partial charge in [0.15, 0.2) is 15.0 Å². The summed E-state index contributed by atoms with van der Waals surface area (Å²) < 4.78 is 29.5. The number of ether oxygens (including phenoxy) is 1. The largest absolute Gasteiger partial charge is 0.497 e. The number of aliphatic imine (C=N–C) groups is 1. The summed E-state index contributed by atoms with van der Waals surface area (Å²) in [4.78, 5) is 19.0. The van der Waals surface area contributed by atoms with Crippen LogP contribution < -0.4 is 4.74 Å². The highest BCUT2D eigenvalue weighted by Gasteiger charge is 2.48. The number of sulfone groups is 1. The van der Waals surface area contributed by atoms with Crippen molar-refractivity contribution in [3.8, 4) is 5.75 Å². The Labute approximate surface area is 181 Å². The molecule has 0 unspecified atom stereocenters. The summed E-state index contributed by atoms with van der Waals surface area (Å²) in [5, 5.41) is 0.534. The second-order valence-electron chi connectivity index (χ2n) is 7.73. The minimum atomic E-state index is -3.07. The number of thioether (sulfide) groups is 1. The Morgan fingerprint density at radius 3 is 2.63 bits per heavy atom. The standard InChI is InChI=1S/C22H24N2O4S2/c1-15-4-3-5-17(10-15)11-21(25)23-22-24(12-16-6-8-18(28-2)9-7-16)19-13-30(26,27)14-20(19)29-22/h3-10,19-20H,11-14H2,1-2H3/t19-,20-/m1/s1. The van der Waals surface area contributed by atoms with Crippen molar-refractivity contribution in [2.45, 2.75) is 31.2 Å². The molecule has 0 bridgehead atoms. The monoisotopic (exact) mass is 444 g/mol. The first-order chi connectivity index (χ1) is 14.3. The molecule has 0 saturated carbocycles. The average Bonchev–Trinajstić information content (AvgIpc) is 3.14. The summed E-state index contributed by atoms with van der Waals surface area (Å²) in [6.07, 6.45) is 0.232. The van der Waals surface area contributed by atoms with Gasteiger partial charge in [0.05, 0.1) is 31.1 Å². The molecule has 6 nitrogen and oxygen atoms in total. The molecule has 0 spiro atoms. The Hall–Kier alpha value is -2.32. The van der Waals surface area contributed by atoms with Gasteiger partial charge < -0.3 is 9.64 Å². The number of methoxy groups -OCH3 is 1. The van der Waals surface area contributed by atoms with E-state index in [-0.39, 0.29) is 35.1 Å². The van der Waals surface area contributed by atoms with Crippen LogP contribution in [-0.2, 0) is 27.6 Å². The lowest BCUT2D eigenvalue weighted by molar-refractivity contribution is -0.117. The third-order valence-electron chi connectivity index (χ3n) is 5.35. The van der Waals surface area contributed by atoms with Crippen molar-refractivity contribution in [1.82, 2.24) is 4.90 Å². The highest BCUT2D eigenvalue weighted by atomic mass is 32.2. The van der Waals surface area contributed by atoms with E-state index < -0.39 is 9.84 Å². The van der Waals surface area contributed by atoms with Crippen LogP contribution in [0.3, 0.4) is 0 Å². The lowest BCUT2D eigenvalue weighted by atomic mass is 10.1. The summed E-state index contributed by atoms with van der Waals surface area (Å²) >= 11 is 1.41. The Morgan fingerprint density at radius 1 is 1.17 bits per heavy atom. The first-order valence-corrected chi connectivity index (χ1v) is 12.5. The molecule has 30 heavy (non-hydrogen) atoms. The van der Waals surface area contributed by atoms with Crippen molar-refractivity contribution in [3.05, 3.63) is 65.2 Å². The van der Waals surface area contributed by atoms with Crippen LogP contribution in [0.2, 0.25) is 0 Å². The number of amides is 1. The molecule has 2 aromatic carbocycles. The summed E-state index contributed by atoms with van der Waals surface area (Å²) in [7, 11) is -1.45. The second-order valence-corrected chi connectivity index (χ2v) is 11.1. The Kier molecular flexibility index (Phi) is 5.88. The molecule has 0 N–H and O–H groups in total.